The van der Waals surface area contributed by atoms with Crippen LogP contribution in [0.3, 0.4) is 0 Å². The molecule has 0 radical (unpaired) electrons. The molecule has 0 heterocycles. The van der Waals surface area contributed by atoms with E-state index in [0.717, 1.165) is 15.6 Å². The number of carbonyl (C=O) groups is 1. The van der Waals surface area contributed by atoms with Gasteiger partial charge in [-0.15, -0.1) is 0 Å². The molecule has 3 nitrogen and oxygen atoms in total. The number of amides is 1. The molecule has 4 heteroatoms. The van der Waals surface area contributed by atoms with Crippen molar-refractivity contribution < 1.29 is 4.79 Å². The highest BCUT2D eigenvalue weighted by atomic mass is 79.9. The van der Waals surface area contributed by atoms with Gasteiger partial charge in [-0.3, -0.25) is 4.79 Å². The van der Waals surface area contributed by atoms with Gasteiger partial charge < -0.3 is 10.6 Å². The third-order valence-electron chi connectivity index (χ3n) is 3.32. The highest BCUT2D eigenvalue weighted by molar-refractivity contribution is 9.10. The van der Waals surface area contributed by atoms with E-state index in [1.165, 1.54) is 0 Å². The van der Waals surface area contributed by atoms with E-state index in [1.807, 2.05) is 54.6 Å². The smallest absolute Gasteiger partial charge is 0.239 e. The summed E-state index contributed by atoms with van der Waals surface area (Å²) in [6.07, 6.45) is 0.560. The molecule has 1 atom stereocenters. The van der Waals surface area contributed by atoms with E-state index >= 15 is 0 Å². The minimum absolute atomic E-state index is 0.0400. The highest BCUT2D eigenvalue weighted by Gasteiger charge is 2.18. The molecule has 0 saturated carbocycles. The summed E-state index contributed by atoms with van der Waals surface area (Å²) in [5.41, 5.74) is 8.19. The van der Waals surface area contributed by atoms with Crippen LogP contribution >= 0.6 is 15.9 Å². The molecule has 0 aliphatic heterocycles. The van der Waals surface area contributed by atoms with Gasteiger partial charge in [-0.25, -0.2) is 0 Å². The molecule has 0 aliphatic rings. The second-order valence-corrected chi connectivity index (χ2v) is 6.03. The lowest BCUT2D eigenvalue weighted by atomic mass is 10.1. The Morgan fingerprint density at radius 1 is 1.10 bits per heavy atom. The number of rotatable bonds is 5. The first kappa shape index (κ1) is 15.7. The molecule has 2 N–H and O–H groups in total. The molecular weight excluding hydrogens is 328 g/mol. The van der Waals surface area contributed by atoms with Crippen LogP contribution in [0.5, 0.6) is 0 Å². The molecule has 21 heavy (non-hydrogen) atoms. The van der Waals surface area contributed by atoms with Crippen molar-refractivity contribution in [3.05, 3.63) is 70.2 Å². The van der Waals surface area contributed by atoms with E-state index in [1.54, 1.807) is 11.9 Å². The summed E-state index contributed by atoms with van der Waals surface area (Å²) < 4.78 is 1.03. The Bertz CT molecular complexity index is 583. The standard InChI is InChI=1S/C17H19BrN2O/c1-20(12-14-7-9-15(18)10-8-14)17(21)16(19)11-13-5-3-2-4-6-13/h2-10,16H,11-12,19H2,1H3/t16-/m1/s1. The second kappa shape index (κ2) is 7.38. The van der Waals surface area contributed by atoms with Gasteiger partial charge in [-0.1, -0.05) is 58.4 Å². The van der Waals surface area contributed by atoms with Crippen LogP contribution in [-0.2, 0) is 17.8 Å². The fourth-order valence-electron chi connectivity index (χ4n) is 2.18. The average molecular weight is 347 g/mol. The number of carbonyl (C=O) groups excluding carboxylic acids is 1. The maximum atomic E-state index is 12.3. The van der Waals surface area contributed by atoms with Crippen LogP contribution in [0.2, 0.25) is 0 Å². The molecule has 0 spiro atoms. The summed E-state index contributed by atoms with van der Waals surface area (Å²) in [4.78, 5) is 14.0. The summed E-state index contributed by atoms with van der Waals surface area (Å²) in [6, 6.07) is 17.3. The quantitative estimate of drug-likeness (QED) is 0.904. The fourth-order valence-corrected chi connectivity index (χ4v) is 2.44. The van der Waals surface area contributed by atoms with Crippen molar-refractivity contribution in [2.24, 2.45) is 5.73 Å². The Kier molecular flexibility index (Phi) is 5.53. The second-order valence-electron chi connectivity index (χ2n) is 5.12. The van der Waals surface area contributed by atoms with Crippen LogP contribution in [0, 0.1) is 0 Å². The van der Waals surface area contributed by atoms with E-state index in [9.17, 15) is 4.79 Å². The zero-order valence-electron chi connectivity index (χ0n) is 12.0. The normalized spacial score (nSPS) is 12.0. The van der Waals surface area contributed by atoms with Crippen LogP contribution in [0.15, 0.2) is 59.1 Å². The van der Waals surface area contributed by atoms with Crippen LogP contribution < -0.4 is 5.73 Å². The zero-order chi connectivity index (χ0) is 15.2. The molecule has 110 valence electrons. The average Bonchev–Trinajstić information content (AvgIpc) is 2.49. The van der Waals surface area contributed by atoms with E-state index in [4.69, 9.17) is 5.73 Å². The summed E-state index contributed by atoms with van der Waals surface area (Å²) in [6.45, 7) is 0.564. The monoisotopic (exact) mass is 346 g/mol. The first-order valence-corrected chi connectivity index (χ1v) is 7.64. The minimum atomic E-state index is -0.507. The zero-order valence-corrected chi connectivity index (χ0v) is 13.6. The Morgan fingerprint density at radius 2 is 1.71 bits per heavy atom. The van der Waals surface area contributed by atoms with Crippen LogP contribution in [-0.4, -0.2) is 23.9 Å². The molecule has 0 fully saturated rings. The van der Waals surface area contributed by atoms with E-state index in [0.29, 0.717) is 13.0 Å². The van der Waals surface area contributed by atoms with E-state index in [-0.39, 0.29) is 5.91 Å². The molecule has 2 aromatic rings. The van der Waals surface area contributed by atoms with E-state index < -0.39 is 6.04 Å². The number of benzene rings is 2. The number of likely N-dealkylation sites (N-methyl/N-ethyl adjacent to an activating group) is 1. The Labute approximate surface area is 133 Å². The predicted octanol–water partition coefficient (Wildman–Crippen LogP) is 2.98. The first-order valence-electron chi connectivity index (χ1n) is 6.85. The van der Waals surface area contributed by atoms with Gasteiger partial charge in [-0.2, -0.15) is 0 Å². The molecular formula is C17H19BrN2O. The molecule has 0 aromatic heterocycles. The summed E-state index contributed by atoms with van der Waals surface area (Å²) in [5.74, 6) is -0.0400. The Morgan fingerprint density at radius 3 is 2.33 bits per heavy atom. The van der Waals surface area contributed by atoms with Gasteiger partial charge in [0.2, 0.25) is 5.91 Å². The molecule has 0 bridgehead atoms. The largest absolute Gasteiger partial charge is 0.340 e. The van der Waals surface area contributed by atoms with Crippen molar-refractivity contribution in [2.75, 3.05) is 7.05 Å². The molecule has 0 saturated heterocycles. The van der Waals surface area contributed by atoms with Crippen molar-refractivity contribution in [3.8, 4) is 0 Å². The topological polar surface area (TPSA) is 46.3 Å². The van der Waals surface area contributed by atoms with Crippen molar-refractivity contribution in [1.82, 2.24) is 4.90 Å². The van der Waals surface area contributed by atoms with Gasteiger partial charge in [0.1, 0.15) is 0 Å². The number of nitrogens with zero attached hydrogens (tertiary/aromatic N) is 1. The molecule has 2 rings (SSSR count). The lowest BCUT2D eigenvalue weighted by molar-refractivity contribution is -0.131. The molecule has 0 aliphatic carbocycles. The molecule has 1 amide bonds. The van der Waals surface area contributed by atoms with Crippen molar-refractivity contribution in [2.45, 2.75) is 19.0 Å². The lowest BCUT2D eigenvalue weighted by Crippen LogP contribution is -2.42. The van der Waals surface area contributed by atoms with Crippen molar-refractivity contribution in [1.29, 1.82) is 0 Å². The third kappa shape index (κ3) is 4.69. The Balaban J connectivity index is 1.93. The minimum Gasteiger partial charge on any atom is -0.340 e. The van der Waals surface area contributed by atoms with Gasteiger partial charge in [0.15, 0.2) is 0 Å². The molecule has 0 unspecified atom stereocenters. The lowest BCUT2D eigenvalue weighted by Gasteiger charge is -2.21. The van der Waals surface area contributed by atoms with Gasteiger partial charge in [-0.05, 0) is 29.7 Å². The number of hydrogen-bond acceptors (Lipinski definition) is 2. The molecule has 2 aromatic carbocycles. The number of halogens is 1. The van der Waals surface area contributed by atoms with Crippen molar-refractivity contribution in [3.63, 3.8) is 0 Å². The summed E-state index contributed by atoms with van der Waals surface area (Å²) >= 11 is 3.40. The van der Waals surface area contributed by atoms with Gasteiger partial charge in [0.25, 0.3) is 0 Å². The van der Waals surface area contributed by atoms with Crippen LogP contribution in [0.4, 0.5) is 0 Å². The number of hydrogen-bond donors (Lipinski definition) is 1. The van der Waals surface area contributed by atoms with Gasteiger partial charge >= 0.3 is 0 Å². The predicted molar refractivity (Wildman–Crippen MR) is 88.7 cm³/mol. The fraction of sp³-hybridized carbons (Fsp3) is 0.235. The number of nitrogens with two attached hydrogens (primary N) is 1. The SMILES string of the molecule is CN(Cc1ccc(Br)cc1)C(=O)[C@H](N)Cc1ccccc1. The van der Waals surface area contributed by atoms with E-state index in [2.05, 4.69) is 15.9 Å². The summed E-state index contributed by atoms with van der Waals surface area (Å²) in [5, 5.41) is 0. The van der Waals surface area contributed by atoms with Crippen molar-refractivity contribution >= 4 is 21.8 Å². The third-order valence-corrected chi connectivity index (χ3v) is 3.85. The Hall–Kier alpha value is -1.65. The first-order chi connectivity index (χ1) is 10.1. The van der Waals surface area contributed by atoms with Gasteiger partial charge in [0, 0.05) is 18.1 Å². The van der Waals surface area contributed by atoms with Crippen LogP contribution in [0.25, 0.3) is 0 Å². The maximum Gasteiger partial charge on any atom is 0.239 e. The van der Waals surface area contributed by atoms with Gasteiger partial charge in [0.05, 0.1) is 6.04 Å². The highest BCUT2D eigenvalue weighted by Crippen LogP contribution is 2.12. The maximum absolute atomic E-state index is 12.3. The van der Waals surface area contributed by atoms with Crippen LogP contribution in [0.1, 0.15) is 11.1 Å². The summed E-state index contributed by atoms with van der Waals surface area (Å²) in [7, 11) is 1.79.